The van der Waals surface area contributed by atoms with E-state index in [0.717, 1.165) is 26.2 Å². The van der Waals surface area contributed by atoms with Gasteiger partial charge in [0.25, 0.3) is 0 Å². The van der Waals surface area contributed by atoms with Crippen molar-refractivity contribution in [2.24, 2.45) is 0 Å². The van der Waals surface area contributed by atoms with Crippen molar-refractivity contribution in [1.82, 2.24) is 10.2 Å². The fourth-order valence-electron chi connectivity index (χ4n) is 4.29. The minimum atomic E-state index is 0.306. The Morgan fingerprint density at radius 2 is 1.24 bits per heavy atom. The molecule has 3 aromatic rings. The van der Waals surface area contributed by atoms with E-state index in [1.165, 1.54) is 34.2 Å². The second-order valence-corrected chi connectivity index (χ2v) is 8.35. The van der Waals surface area contributed by atoms with Crippen molar-refractivity contribution < 1.29 is 0 Å². The van der Waals surface area contributed by atoms with Crippen LogP contribution < -0.4 is 5.32 Å². The Balaban J connectivity index is 1.67. The fourth-order valence-corrected chi connectivity index (χ4v) is 4.29. The molecule has 1 unspecified atom stereocenters. The van der Waals surface area contributed by atoms with Crippen molar-refractivity contribution in [1.29, 1.82) is 0 Å². The highest BCUT2D eigenvalue weighted by Gasteiger charge is 2.23. The lowest BCUT2D eigenvalue weighted by atomic mass is 9.92. The molecule has 1 heterocycles. The summed E-state index contributed by atoms with van der Waals surface area (Å²) in [5.41, 5.74) is 6.73. The second kappa shape index (κ2) is 9.39. The Bertz CT molecular complexity index is 874. The zero-order chi connectivity index (χ0) is 20.1. The van der Waals surface area contributed by atoms with Gasteiger partial charge in [-0.25, -0.2) is 0 Å². The molecule has 1 fully saturated rings. The minimum absolute atomic E-state index is 0.306. The highest BCUT2D eigenvalue weighted by atomic mass is 15.2. The van der Waals surface area contributed by atoms with Crippen LogP contribution in [0.1, 0.15) is 48.9 Å². The lowest BCUT2D eigenvalue weighted by Crippen LogP contribution is -2.33. The normalized spacial score (nSPS) is 16.5. The Morgan fingerprint density at radius 1 is 0.655 bits per heavy atom. The van der Waals surface area contributed by atoms with E-state index in [4.69, 9.17) is 0 Å². The van der Waals surface area contributed by atoms with Crippen LogP contribution in [0.5, 0.6) is 0 Å². The maximum atomic E-state index is 3.55. The molecule has 0 amide bonds. The number of rotatable bonds is 5. The van der Waals surface area contributed by atoms with Gasteiger partial charge in [0.05, 0.1) is 6.04 Å². The molecule has 1 saturated heterocycles. The summed E-state index contributed by atoms with van der Waals surface area (Å²) in [6.45, 7) is 8.90. The third kappa shape index (κ3) is 4.77. The average molecular weight is 385 g/mol. The van der Waals surface area contributed by atoms with Gasteiger partial charge < -0.3 is 5.32 Å². The summed E-state index contributed by atoms with van der Waals surface area (Å²) in [6, 6.07) is 29.4. The largest absolute Gasteiger partial charge is 0.315 e. The van der Waals surface area contributed by atoms with Gasteiger partial charge >= 0.3 is 0 Å². The first-order valence-corrected chi connectivity index (χ1v) is 10.9. The van der Waals surface area contributed by atoms with Gasteiger partial charge in [0.2, 0.25) is 0 Å². The molecule has 0 bridgehead atoms. The SMILES string of the molecule is CC(C)c1ccc(C(c2ccc(-c3ccccc3)cc2)N2CCCNCC2)cc1. The molecule has 29 heavy (non-hydrogen) atoms. The molecule has 0 radical (unpaired) electrons. The van der Waals surface area contributed by atoms with E-state index >= 15 is 0 Å². The van der Waals surface area contributed by atoms with E-state index < -0.39 is 0 Å². The molecule has 2 heteroatoms. The van der Waals surface area contributed by atoms with E-state index in [2.05, 4.69) is 103 Å². The molecule has 150 valence electrons. The zero-order valence-electron chi connectivity index (χ0n) is 17.6. The third-order valence-electron chi connectivity index (χ3n) is 5.99. The summed E-state index contributed by atoms with van der Waals surface area (Å²) < 4.78 is 0. The summed E-state index contributed by atoms with van der Waals surface area (Å²) in [4.78, 5) is 2.64. The Kier molecular flexibility index (Phi) is 6.43. The van der Waals surface area contributed by atoms with Crippen LogP contribution >= 0.6 is 0 Å². The lowest BCUT2D eigenvalue weighted by Gasteiger charge is -2.31. The molecular weight excluding hydrogens is 352 g/mol. The first kappa shape index (κ1) is 19.9. The first-order chi connectivity index (χ1) is 14.2. The van der Waals surface area contributed by atoms with Gasteiger partial charge in [-0.1, -0.05) is 92.7 Å². The standard InChI is InChI=1S/C27H32N2/c1-21(2)22-9-13-25(14-10-22)27(29-19-6-17-28-18-20-29)26-15-11-24(12-16-26)23-7-4-3-5-8-23/h3-5,7-16,21,27-28H,6,17-20H2,1-2H3. The van der Waals surface area contributed by atoms with E-state index in [9.17, 15) is 0 Å². The summed E-state index contributed by atoms with van der Waals surface area (Å²) in [5.74, 6) is 0.565. The molecule has 0 aromatic heterocycles. The highest BCUT2D eigenvalue weighted by molar-refractivity contribution is 5.63. The summed E-state index contributed by atoms with van der Waals surface area (Å²) in [7, 11) is 0. The molecule has 0 aliphatic carbocycles. The van der Waals surface area contributed by atoms with Crippen LogP contribution in [0.15, 0.2) is 78.9 Å². The van der Waals surface area contributed by atoms with Crippen LogP contribution in [0.4, 0.5) is 0 Å². The topological polar surface area (TPSA) is 15.3 Å². The van der Waals surface area contributed by atoms with Gasteiger partial charge in [-0.15, -0.1) is 0 Å². The van der Waals surface area contributed by atoms with E-state index in [1.807, 2.05) is 0 Å². The van der Waals surface area contributed by atoms with Gasteiger partial charge in [-0.3, -0.25) is 4.90 Å². The predicted molar refractivity (Wildman–Crippen MR) is 123 cm³/mol. The molecule has 1 atom stereocenters. The van der Waals surface area contributed by atoms with Crippen molar-refractivity contribution in [2.45, 2.75) is 32.2 Å². The van der Waals surface area contributed by atoms with Crippen molar-refractivity contribution >= 4 is 0 Å². The molecule has 3 aromatic carbocycles. The molecule has 2 nitrogen and oxygen atoms in total. The number of hydrogen-bond donors (Lipinski definition) is 1. The van der Waals surface area contributed by atoms with Crippen LogP contribution in [0.25, 0.3) is 11.1 Å². The second-order valence-electron chi connectivity index (χ2n) is 8.35. The van der Waals surface area contributed by atoms with Gasteiger partial charge in [-0.2, -0.15) is 0 Å². The van der Waals surface area contributed by atoms with Crippen molar-refractivity contribution in [3.63, 3.8) is 0 Å². The Labute approximate surface area is 175 Å². The number of nitrogens with one attached hydrogen (secondary N) is 1. The van der Waals surface area contributed by atoms with E-state index in [-0.39, 0.29) is 0 Å². The zero-order valence-corrected chi connectivity index (χ0v) is 17.6. The van der Waals surface area contributed by atoms with Crippen LogP contribution in [0, 0.1) is 0 Å². The molecule has 4 rings (SSSR count). The maximum absolute atomic E-state index is 3.55. The molecule has 1 aliphatic rings. The van der Waals surface area contributed by atoms with Crippen molar-refractivity contribution in [3.05, 3.63) is 95.6 Å². The van der Waals surface area contributed by atoms with Crippen molar-refractivity contribution in [2.75, 3.05) is 26.2 Å². The minimum Gasteiger partial charge on any atom is -0.315 e. The highest BCUT2D eigenvalue weighted by Crippen LogP contribution is 2.32. The van der Waals surface area contributed by atoms with Crippen LogP contribution in [-0.4, -0.2) is 31.1 Å². The smallest absolute Gasteiger partial charge is 0.0602 e. The van der Waals surface area contributed by atoms with Gasteiger partial charge in [-0.05, 0) is 46.7 Å². The summed E-state index contributed by atoms with van der Waals surface area (Å²) in [6.07, 6.45) is 1.20. The fraction of sp³-hybridized carbons (Fsp3) is 0.333. The summed E-state index contributed by atoms with van der Waals surface area (Å²) in [5, 5.41) is 3.55. The maximum Gasteiger partial charge on any atom is 0.0602 e. The van der Waals surface area contributed by atoms with E-state index in [0.29, 0.717) is 12.0 Å². The van der Waals surface area contributed by atoms with Crippen LogP contribution in [-0.2, 0) is 0 Å². The average Bonchev–Trinajstić information content (AvgIpc) is 3.05. The van der Waals surface area contributed by atoms with E-state index in [1.54, 1.807) is 0 Å². The number of nitrogens with zero attached hydrogens (tertiary/aromatic N) is 1. The number of hydrogen-bond acceptors (Lipinski definition) is 2. The van der Waals surface area contributed by atoms with Crippen LogP contribution in [0.3, 0.4) is 0 Å². The first-order valence-electron chi connectivity index (χ1n) is 10.9. The molecule has 0 saturated carbocycles. The van der Waals surface area contributed by atoms with Crippen LogP contribution in [0.2, 0.25) is 0 Å². The third-order valence-corrected chi connectivity index (χ3v) is 5.99. The van der Waals surface area contributed by atoms with Gasteiger partial charge in [0.1, 0.15) is 0 Å². The predicted octanol–water partition coefficient (Wildman–Crippen LogP) is 5.86. The van der Waals surface area contributed by atoms with Crippen molar-refractivity contribution in [3.8, 4) is 11.1 Å². The quantitative estimate of drug-likeness (QED) is 0.592. The molecular formula is C27H32N2. The Hall–Kier alpha value is -2.42. The monoisotopic (exact) mass is 384 g/mol. The Morgan fingerprint density at radius 3 is 1.90 bits per heavy atom. The van der Waals surface area contributed by atoms with Gasteiger partial charge in [0.15, 0.2) is 0 Å². The molecule has 1 aliphatic heterocycles. The number of benzene rings is 3. The molecule has 1 N–H and O–H groups in total. The summed E-state index contributed by atoms with van der Waals surface area (Å²) >= 11 is 0. The van der Waals surface area contributed by atoms with Gasteiger partial charge in [0, 0.05) is 19.6 Å². The lowest BCUT2D eigenvalue weighted by molar-refractivity contribution is 0.241. The molecule has 0 spiro atoms.